The highest BCUT2D eigenvalue weighted by atomic mass is 32.1. The first kappa shape index (κ1) is 18.5. The number of hydrogen-bond acceptors (Lipinski definition) is 4. The van der Waals surface area contributed by atoms with Crippen LogP contribution in [0.4, 0.5) is 0 Å². The van der Waals surface area contributed by atoms with Crippen LogP contribution in [0.1, 0.15) is 29.2 Å². The molecule has 0 bridgehead atoms. The van der Waals surface area contributed by atoms with Gasteiger partial charge in [-0.2, -0.15) is 0 Å². The van der Waals surface area contributed by atoms with Crippen molar-refractivity contribution in [3.8, 4) is 11.3 Å². The minimum Gasteiger partial charge on any atom is -0.459 e. The van der Waals surface area contributed by atoms with Crippen LogP contribution in [0.15, 0.2) is 95.7 Å². The number of nitrogens with zero attached hydrogens (tertiary/aromatic N) is 3. The zero-order valence-corrected chi connectivity index (χ0v) is 17.0. The molecule has 1 fully saturated rings. The Hall–Kier alpha value is -3.51. The van der Waals surface area contributed by atoms with Crippen molar-refractivity contribution < 1.29 is 4.42 Å². The minimum absolute atomic E-state index is 0.114. The van der Waals surface area contributed by atoms with Gasteiger partial charge < -0.3 is 14.6 Å². The summed E-state index contributed by atoms with van der Waals surface area (Å²) in [6.07, 6.45) is 3.60. The molecule has 0 spiro atoms. The van der Waals surface area contributed by atoms with Crippen molar-refractivity contribution in [2.24, 2.45) is 0 Å². The van der Waals surface area contributed by atoms with E-state index >= 15 is 0 Å². The molecule has 30 heavy (non-hydrogen) atoms. The van der Waals surface area contributed by atoms with Crippen molar-refractivity contribution in [2.75, 3.05) is 0 Å². The Bertz CT molecular complexity index is 1130. The molecule has 2 atom stereocenters. The van der Waals surface area contributed by atoms with Gasteiger partial charge in [-0.3, -0.25) is 9.97 Å². The average Bonchev–Trinajstić information content (AvgIpc) is 3.41. The number of aromatic nitrogens is 2. The fourth-order valence-corrected chi connectivity index (χ4v) is 4.13. The van der Waals surface area contributed by atoms with E-state index in [1.165, 1.54) is 0 Å². The Morgan fingerprint density at radius 1 is 0.867 bits per heavy atom. The Morgan fingerprint density at radius 3 is 2.37 bits per heavy atom. The lowest BCUT2D eigenvalue weighted by atomic mass is 10.0. The van der Waals surface area contributed by atoms with Gasteiger partial charge in [0.2, 0.25) is 0 Å². The lowest BCUT2D eigenvalue weighted by Crippen LogP contribution is -2.29. The van der Waals surface area contributed by atoms with Crippen LogP contribution in [-0.4, -0.2) is 20.0 Å². The molecular formula is C24H20N4OS. The highest BCUT2D eigenvalue weighted by molar-refractivity contribution is 7.80. The molecule has 5 nitrogen and oxygen atoms in total. The van der Waals surface area contributed by atoms with Gasteiger partial charge in [-0.25, -0.2) is 0 Å². The molecule has 1 aliphatic rings. The summed E-state index contributed by atoms with van der Waals surface area (Å²) in [7, 11) is 0. The Balaban J connectivity index is 1.54. The number of furan rings is 1. The van der Waals surface area contributed by atoms with E-state index in [0.29, 0.717) is 11.7 Å². The van der Waals surface area contributed by atoms with Gasteiger partial charge in [-0.15, -0.1) is 0 Å². The van der Waals surface area contributed by atoms with Gasteiger partial charge in [-0.05, 0) is 48.6 Å². The lowest BCUT2D eigenvalue weighted by molar-refractivity contribution is 0.267. The fraction of sp³-hybridized carbons (Fsp3) is 0.125. The number of thiocarbonyl (C=S) groups is 1. The van der Waals surface area contributed by atoms with Crippen LogP contribution >= 0.6 is 12.2 Å². The van der Waals surface area contributed by atoms with Gasteiger partial charge in [0.15, 0.2) is 5.11 Å². The molecule has 0 saturated carbocycles. The van der Waals surface area contributed by atoms with E-state index in [-0.39, 0.29) is 12.1 Å². The summed E-state index contributed by atoms with van der Waals surface area (Å²) in [6, 6.07) is 25.7. The number of pyridine rings is 2. The van der Waals surface area contributed by atoms with E-state index in [1.807, 2.05) is 78.9 Å². The zero-order chi connectivity index (χ0) is 20.3. The Kier molecular flexibility index (Phi) is 4.99. The summed E-state index contributed by atoms with van der Waals surface area (Å²) in [5, 5.41) is 4.11. The first-order valence-electron chi connectivity index (χ1n) is 9.83. The molecule has 148 valence electrons. The number of benzene rings is 1. The molecule has 1 N–H and O–H groups in total. The molecule has 0 radical (unpaired) electrons. The SMILES string of the molecule is S=C1NC(c2ccccn2)C(c2ccc(-c3ccccc3)o2)N1Cc1ccccn1. The molecule has 4 aromatic rings. The molecule has 0 amide bonds. The van der Waals surface area contributed by atoms with Crippen molar-refractivity contribution in [1.29, 1.82) is 0 Å². The first-order chi connectivity index (χ1) is 14.8. The molecule has 5 rings (SSSR count). The second-order valence-electron chi connectivity index (χ2n) is 7.14. The third kappa shape index (κ3) is 3.57. The average molecular weight is 413 g/mol. The standard InChI is InChI=1S/C24H20N4OS/c30-24-27-22(19-11-5-7-15-26-19)23(28(24)16-18-10-4-6-14-25-18)21-13-12-20(29-21)17-8-2-1-3-9-17/h1-15,22-23H,16H2,(H,27,30). The maximum absolute atomic E-state index is 6.33. The van der Waals surface area contributed by atoms with Gasteiger partial charge in [0.25, 0.3) is 0 Å². The molecule has 1 aliphatic heterocycles. The lowest BCUT2D eigenvalue weighted by Gasteiger charge is -2.25. The van der Waals surface area contributed by atoms with Crippen LogP contribution in [0.25, 0.3) is 11.3 Å². The van der Waals surface area contributed by atoms with Crippen LogP contribution in [0.5, 0.6) is 0 Å². The molecular weight excluding hydrogens is 392 g/mol. The normalized spacial score (nSPS) is 18.4. The topological polar surface area (TPSA) is 54.2 Å². The quantitative estimate of drug-likeness (QED) is 0.470. The van der Waals surface area contributed by atoms with Gasteiger partial charge in [0.1, 0.15) is 17.6 Å². The summed E-state index contributed by atoms with van der Waals surface area (Å²) in [6.45, 7) is 0.585. The maximum atomic E-state index is 6.33. The molecule has 6 heteroatoms. The summed E-state index contributed by atoms with van der Waals surface area (Å²) < 4.78 is 6.33. The van der Waals surface area contributed by atoms with E-state index in [9.17, 15) is 0 Å². The molecule has 0 aliphatic carbocycles. The van der Waals surface area contributed by atoms with Crippen LogP contribution in [-0.2, 0) is 6.54 Å². The molecule has 1 saturated heterocycles. The van der Waals surface area contributed by atoms with Crippen molar-refractivity contribution in [2.45, 2.75) is 18.6 Å². The van der Waals surface area contributed by atoms with Crippen molar-refractivity contribution in [3.63, 3.8) is 0 Å². The predicted octanol–water partition coefficient (Wildman–Crippen LogP) is 4.91. The number of rotatable bonds is 5. The highest BCUT2D eigenvalue weighted by Gasteiger charge is 2.41. The summed E-state index contributed by atoms with van der Waals surface area (Å²) in [4.78, 5) is 11.2. The third-order valence-electron chi connectivity index (χ3n) is 5.23. The summed E-state index contributed by atoms with van der Waals surface area (Å²) in [5.41, 5.74) is 2.91. The van der Waals surface area contributed by atoms with Gasteiger partial charge >= 0.3 is 0 Å². The van der Waals surface area contributed by atoms with E-state index in [2.05, 4.69) is 20.2 Å². The van der Waals surface area contributed by atoms with Crippen LogP contribution in [0.2, 0.25) is 0 Å². The van der Waals surface area contributed by atoms with Crippen LogP contribution in [0.3, 0.4) is 0 Å². The number of nitrogens with one attached hydrogen (secondary N) is 1. The zero-order valence-electron chi connectivity index (χ0n) is 16.2. The first-order valence-corrected chi connectivity index (χ1v) is 10.2. The second kappa shape index (κ2) is 8.08. The van der Waals surface area contributed by atoms with Crippen molar-refractivity contribution in [1.82, 2.24) is 20.2 Å². The minimum atomic E-state index is -0.133. The Labute approximate surface area is 180 Å². The van der Waals surface area contributed by atoms with Crippen molar-refractivity contribution >= 4 is 17.3 Å². The van der Waals surface area contributed by atoms with E-state index in [1.54, 1.807) is 12.4 Å². The largest absolute Gasteiger partial charge is 0.459 e. The van der Waals surface area contributed by atoms with Crippen LogP contribution in [0, 0.1) is 0 Å². The summed E-state index contributed by atoms with van der Waals surface area (Å²) in [5.74, 6) is 1.67. The number of hydrogen-bond donors (Lipinski definition) is 1. The van der Waals surface area contributed by atoms with E-state index in [4.69, 9.17) is 16.6 Å². The van der Waals surface area contributed by atoms with E-state index < -0.39 is 0 Å². The predicted molar refractivity (Wildman–Crippen MR) is 119 cm³/mol. The van der Waals surface area contributed by atoms with E-state index in [0.717, 1.165) is 28.5 Å². The van der Waals surface area contributed by atoms with Crippen molar-refractivity contribution in [3.05, 3.63) is 108 Å². The molecule has 1 aromatic carbocycles. The third-order valence-corrected chi connectivity index (χ3v) is 5.59. The maximum Gasteiger partial charge on any atom is 0.170 e. The fourth-order valence-electron chi connectivity index (χ4n) is 3.82. The molecule has 3 aromatic heterocycles. The van der Waals surface area contributed by atoms with Crippen LogP contribution < -0.4 is 5.32 Å². The molecule has 4 heterocycles. The smallest absolute Gasteiger partial charge is 0.170 e. The van der Waals surface area contributed by atoms with Gasteiger partial charge in [0, 0.05) is 18.0 Å². The van der Waals surface area contributed by atoms with Gasteiger partial charge in [0.05, 0.1) is 24.0 Å². The molecule has 2 unspecified atom stereocenters. The summed E-state index contributed by atoms with van der Waals surface area (Å²) >= 11 is 5.71. The highest BCUT2D eigenvalue weighted by Crippen LogP contribution is 2.41. The second-order valence-corrected chi connectivity index (χ2v) is 7.53. The Morgan fingerprint density at radius 2 is 1.63 bits per heavy atom. The monoisotopic (exact) mass is 412 g/mol. The van der Waals surface area contributed by atoms with Gasteiger partial charge in [-0.1, -0.05) is 42.5 Å².